The number of likely N-dealkylation sites (N-methyl/N-ethyl adjacent to an activating group) is 1. The Hall–Kier alpha value is -2.22. The second-order valence-electron chi connectivity index (χ2n) is 5.80. The molecular weight excluding hydrogens is 347 g/mol. The number of furan rings is 1. The fourth-order valence-electron chi connectivity index (χ4n) is 2.82. The summed E-state index contributed by atoms with van der Waals surface area (Å²) < 4.78 is 24.9. The summed E-state index contributed by atoms with van der Waals surface area (Å²) in [7, 11) is 2.03. The number of aromatic nitrogens is 2. The lowest BCUT2D eigenvalue weighted by Gasteiger charge is -2.30. The summed E-state index contributed by atoms with van der Waals surface area (Å²) in [5, 5.41) is 7.38. The van der Waals surface area contributed by atoms with Crippen LogP contribution in [0.25, 0.3) is 23.0 Å². The van der Waals surface area contributed by atoms with Crippen molar-refractivity contribution in [2.24, 2.45) is 0 Å². The zero-order valence-electron chi connectivity index (χ0n) is 13.6. The molecule has 0 saturated carbocycles. The molecule has 0 spiro atoms. The maximum Gasteiger partial charge on any atom is 0.293 e. The molecule has 1 N–H and O–H groups in total. The first-order valence-electron chi connectivity index (χ1n) is 7.82. The van der Waals surface area contributed by atoms with Gasteiger partial charge in [0, 0.05) is 19.6 Å². The molecule has 1 atom stereocenters. The van der Waals surface area contributed by atoms with Gasteiger partial charge in [-0.25, -0.2) is 4.39 Å². The molecule has 8 heteroatoms. The zero-order valence-corrected chi connectivity index (χ0v) is 14.4. The van der Waals surface area contributed by atoms with Crippen LogP contribution in [-0.4, -0.2) is 41.7 Å². The average Bonchev–Trinajstić information content (AvgIpc) is 3.25. The van der Waals surface area contributed by atoms with Crippen molar-refractivity contribution in [2.75, 3.05) is 26.7 Å². The number of halogens is 2. The van der Waals surface area contributed by atoms with E-state index in [2.05, 4.69) is 20.4 Å². The van der Waals surface area contributed by atoms with Crippen molar-refractivity contribution in [1.29, 1.82) is 0 Å². The van der Waals surface area contributed by atoms with Crippen LogP contribution in [0.2, 0.25) is 0 Å². The number of nitrogens with one attached hydrogen (secondary N) is 1. The quantitative estimate of drug-likeness (QED) is 0.770. The molecule has 1 aliphatic rings. The van der Waals surface area contributed by atoms with E-state index in [0.29, 0.717) is 28.8 Å². The highest BCUT2D eigenvalue weighted by atomic mass is 35.5. The van der Waals surface area contributed by atoms with Crippen LogP contribution in [0.3, 0.4) is 0 Å². The van der Waals surface area contributed by atoms with Crippen LogP contribution in [0.5, 0.6) is 0 Å². The third kappa shape index (κ3) is 3.44. The van der Waals surface area contributed by atoms with Crippen LogP contribution in [0, 0.1) is 5.82 Å². The number of rotatable bonds is 3. The first-order valence-corrected chi connectivity index (χ1v) is 7.82. The Labute approximate surface area is 150 Å². The van der Waals surface area contributed by atoms with Crippen molar-refractivity contribution in [3.8, 4) is 23.0 Å². The Kier molecular flexibility index (Phi) is 5.17. The number of hydrogen-bond donors (Lipinski definition) is 1. The van der Waals surface area contributed by atoms with Gasteiger partial charge in [-0.05, 0) is 31.3 Å². The number of piperazine rings is 1. The van der Waals surface area contributed by atoms with Gasteiger partial charge >= 0.3 is 0 Å². The van der Waals surface area contributed by atoms with E-state index in [1.165, 1.54) is 6.07 Å². The Balaban J connectivity index is 0.00000182. The van der Waals surface area contributed by atoms with E-state index in [1.54, 1.807) is 30.3 Å². The third-order valence-corrected chi connectivity index (χ3v) is 4.21. The largest absolute Gasteiger partial charge is 0.451 e. The summed E-state index contributed by atoms with van der Waals surface area (Å²) in [5.41, 5.74) is 0.403. The van der Waals surface area contributed by atoms with Gasteiger partial charge in [0.1, 0.15) is 11.6 Å². The predicted octanol–water partition coefficient (Wildman–Crippen LogP) is 3.13. The van der Waals surface area contributed by atoms with Crippen molar-refractivity contribution in [2.45, 2.75) is 6.04 Å². The Morgan fingerprint density at radius 3 is 2.80 bits per heavy atom. The van der Waals surface area contributed by atoms with Gasteiger partial charge in [-0.3, -0.25) is 4.90 Å². The molecule has 1 saturated heterocycles. The minimum atomic E-state index is -0.334. The van der Waals surface area contributed by atoms with E-state index in [4.69, 9.17) is 8.94 Å². The Bertz CT molecular complexity index is 851. The van der Waals surface area contributed by atoms with E-state index in [-0.39, 0.29) is 24.3 Å². The molecule has 25 heavy (non-hydrogen) atoms. The number of nitrogens with zero attached hydrogens (tertiary/aromatic N) is 3. The van der Waals surface area contributed by atoms with Gasteiger partial charge in [-0.15, -0.1) is 12.4 Å². The average molecular weight is 365 g/mol. The molecule has 3 aromatic rings. The maximum atomic E-state index is 13.9. The lowest BCUT2D eigenvalue weighted by Crippen LogP contribution is -2.44. The van der Waals surface area contributed by atoms with Crippen LogP contribution in [0.4, 0.5) is 4.39 Å². The molecule has 1 aliphatic heterocycles. The Morgan fingerprint density at radius 1 is 1.20 bits per heavy atom. The summed E-state index contributed by atoms with van der Waals surface area (Å²) in [6, 6.07) is 9.94. The lowest BCUT2D eigenvalue weighted by molar-refractivity contribution is 0.190. The second-order valence-corrected chi connectivity index (χ2v) is 5.80. The van der Waals surface area contributed by atoms with Gasteiger partial charge in [0.15, 0.2) is 11.6 Å². The van der Waals surface area contributed by atoms with Crippen LogP contribution >= 0.6 is 12.4 Å². The highest BCUT2D eigenvalue weighted by Gasteiger charge is 2.26. The molecule has 4 rings (SSSR count). The molecule has 1 aromatic carbocycles. The van der Waals surface area contributed by atoms with Crippen molar-refractivity contribution in [1.82, 2.24) is 20.4 Å². The SMILES string of the molecule is CN1CCNCC1c1noc(-c2ccc(-c3ccccc3F)o2)n1.Cl. The highest BCUT2D eigenvalue weighted by molar-refractivity contribution is 5.85. The van der Waals surface area contributed by atoms with Crippen molar-refractivity contribution >= 4 is 12.4 Å². The van der Waals surface area contributed by atoms with E-state index in [9.17, 15) is 4.39 Å². The summed E-state index contributed by atoms with van der Waals surface area (Å²) in [4.78, 5) is 6.62. The van der Waals surface area contributed by atoms with Gasteiger partial charge in [0.25, 0.3) is 5.89 Å². The van der Waals surface area contributed by atoms with Gasteiger partial charge in [0.2, 0.25) is 0 Å². The van der Waals surface area contributed by atoms with E-state index in [0.717, 1.165) is 19.6 Å². The van der Waals surface area contributed by atoms with Crippen LogP contribution in [-0.2, 0) is 0 Å². The second kappa shape index (κ2) is 7.35. The van der Waals surface area contributed by atoms with Gasteiger partial charge in [-0.1, -0.05) is 17.3 Å². The van der Waals surface area contributed by atoms with Crippen molar-refractivity contribution in [3.63, 3.8) is 0 Å². The standard InChI is InChI=1S/C17H17FN4O2.ClH/c1-22-9-8-19-10-13(22)16-20-17(24-21-16)15-7-6-14(23-15)11-4-2-3-5-12(11)18;/h2-7,13,19H,8-10H2,1H3;1H. The topological polar surface area (TPSA) is 67.3 Å². The van der Waals surface area contributed by atoms with Crippen LogP contribution in [0.1, 0.15) is 11.9 Å². The van der Waals surface area contributed by atoms with Crippen LogP contribution in [0.15, 0.2) is 45.3 Å². The minimum absolute atomic E-state index is 0. The molecule has 0 radical (unpaired) electrons. The third-order valence-electron chi connectivity index (χ3n) is 4.21. The molecule has 132 valence electrons. The monoisotopic (exact) mass is 364 g/mol. The predicted molar refractivity (Wildman–Crippen MR) is 92.9 cm³/mol. The minimum Gasteiger partial charge on any atom is -0.451 e. The van der Waals surface area contributed by atoms with Crippen molar-refractivity contribution < 1.29 is 13.3 Å². The summed E-state index contributed by atoms with van der Waals surface area (Å²) in [5.74, 6) is 1.44. The first-order chi connectivity index (χ1) is 11.7. The number of hydrogen-bond acceptors (Lipinski definition) is 6. The van der Waals surface area contributed by atoms with E-state index >= 15 is 0 Å². The smallest absolute Gasteiger partial charge is 0.293 e. The maximum absolute atomic E-state index is 13.9. The van der Waals surface area contributed by atoms with E-state index in [1.807, 2.05) is 7.05 Å². The fraction of sp³-hybridized carbons (Fsp3) is 0.294. The van der Waals surface area contributed by atoms with Gasteiger partial charge < -0.3 is 14.3 Å². The van der Waals surface area contributed by atoms with Crippen molar-refractivity contribution in [3.05, 3.63) is 48.0 Å². The van der Waals surface area contributed by atoms with Gasteiger partial charge in [-0.2, -0.15) is 4.98 Å². The zero-order chi connectivity index (χ0) is 16.5. The molecule has 2 aromatic heterocycles. The fourth-order valence-corrected chi connectivity index (χ4v) is 2.82. The normalized spacial score (nSPS) is 18.1. The summed E-state index contributed by atoms with van der Waals surface area (Å²) in [6.45, 7) is 2.64. The molecule has 0 amide bonds. The molecule has 0 aliphatic carbocycles. The van der Waals surface area contributed by atoms with Crippen LogP contribution < -0.4 is 5.32 Å². The summed E-state index contributed by atoms with van der Waals surface area (Å²) >= 11 is 0. The Morgan fingerprint density at radius 2 is 2.00 bits per heavy atom. The number of benzene rings is 1. The molecule has 3 heterocycles. The van der Waals surface area contributed by atoms with Gasteiger partial charge in [0.05, 0.1) is 11.6 Å². The molecule has 1 fully saturated rings. The van der Waals surface area contributed by atoms with E-state index < -0.39 is 0 Å². The molecule has 6 nitrogen and oxygen atoms in total. The first kappa shape index (κ1) is 17.6. The lowest BCUT2D eigenvalue weighted by atomic mass is 10.1. The molecule has 1 unspecified atom stereocenters. The molecular formula is C17H18ClFN4O2. The molecule has 0 bridgehead atoms. The highest BCUT2D eigenvalue weighted by Crippen LogP contribution is 2.30. The summed E-state index contributed by atoms with van der Waals surface area (Å²) in [6.07, 6.45) is 0.